The van der Waals surface area contributed by atoms with Crippen LogP contribution in [0.2, 0.25) is 0 Å². The van der Waals surface area contributed by atoms with Gasteiger partial charge in [0.15, 0.2) is 0 Å². The van der Waals surface area contributed by atoms with Gasteiger partial charge in [0.2, 0.25) is 5.91 Å². The lowest BCUT2D eigenvalue weighted by molar-refractivity contribution is -0.144. The number of benzene rings is 1. The smallest absolute Gasteiger partial charge is 0.267 e. The van der Waals surface area contributed by atoms with Crippen LogP contribution in [0.1, 0.15) is 32.1 Å². The van der Waals surface area contributed by atoms with E-state index in [1.54, 1.807) is 18.1 Å². The number of carbonyl (C=O) groups excluding carboxylic acids is 1. The average Bonchev–Trinajstić information content (AvgIpc) is 2.74. The Kier molecular flexibility index (Phi) is 5.41. The van der Waals surface area contributed by atoms with Crippen molar-refractivity contribution in [2.45, 2.75) is 44.2 Å². The Bertz CT molecular complexity index is 940. The van der Waals surface area contributed by atoms with E-state index < -0.39 is 5.60 Å². The highest BCUT2D eigenvalue weighted by molar-refractivity contribution is 5.76. The maximum atomic E-state index is 12.9. The second-order valence-electron chi connectivity index (χ2n) is 8.08. The molecule has 7 nitrogen and oxygen atoms in total. The summed E-state index contributed by atoms with van der Waals surface area (Å²) in [5.74, 6) is 0.744. The molecule has 7 heteroatoms. The minimum atomic E-state index is -0.627. The Morgan fingerprint density at radius 1 is 1.21 bits per heavy atom. The predicted octanol–water partition coefficient (Wildman–Crippen LogP) is 2.07. The van der Waals surface area contributed by atoms with E-state index in [1.165, 1.54) is 10.7 Å². The third kappa shape index (κ3) is 4.05. The molecule has 2 atom stereocenters. The third-order valence-corrected chi connectivity index (χ3v) is 6.32. The van der Waals surface area contributed by atoms with E-state index in [2.05, 4.69) is 5.10 Å². The summed E-state index contributed by atoms with van der Waals surface area (Å²) >= 11 is 0. The van der Waals surface area contributed by atoms with Crippen LogP contribution in [0.3, 0.4) is 0 Å². The molecule has 1 aromatic heterocycles. The number of hydrogen-bond donors (Lipinski definition) is 1. The molecular formula is C22H27N3O4. The zero-order valence-electron chi connectivity index (χ0n) is 16.7. The second kappa shape index (κ2) is 7.99. The summed E-state index contributed by atoms with van der Waals surface area (Å²) in [4.78, 5) is 26.9. The van der Waals surface area contributed by atoms with Crippen molar-refractivity contribution in [2.24, 2.45) is 5.92 Å². The van der Waals surface area contributed by atoms with Crippen LogP contribution in [-0.4, -0.2) is 51.5 Å². The molecule has 0 radical (unpaired) electrons. The van der Waals surface area contributed by atoms with Crippen LogP contribution in [0.25, 0.3) is 11.3 Å². The van der Waals surface area contributed by atoms with Crippen LogP contribution in [0.15, 0.2) is 41.2 Å². The number of rotatable bonds is 4. The first kappa shape index (κ1) is 19.6. The normalized spacial score (nSPS) is 24.1. The van der Waals surface area contributed by atoms with E-state index in [0.29, 0.717) is 25.2 Å². The molecule has 1 amide bonds. The fourth-order valence-electron chi connectivity index (χ4n) is 4.50. The number of methoxy groups -OCH3 is 1. The van der Waals surface area contributed by atoms with Crippen molar-refractivity contribution in [3.05, 3.63) is 46.8 Å². The van der Waals surface area contributed by atoms with Crippen molar-refractivity contribution < 1.29 is 14.6 Å². The summed E-state index contributed by atoms with van der Waals surface area (Å²) in [6, 6.07) is 10.5. The molecule has 1 saturated heterocycles. The molecule has 4 rings (SSSR count). The lowest BCUT2D eigenvalue weighted by Gasteiger charge is -2.47. The van der Waals surface area contributed by atoms with Gasteiger partial charge in [0.25, 0.3) is 5.56 Å². The number of fused-ring (bicyclic) bond motifs is 1. The summed E-state index contributed by atoms with van der Waals surface area (Å²) in [6.07, 6.45) is 4.53. The number of ether oxygens (including phenoxy) is 1. The van der Waals surface area contributed by atoms with Crippen LogP contribution < -0.4 is 10.3 Å². The summed E-state index contributed by atoms with van der Waals surface area (Å²) in [5.41, 5.74) is 0.540. The Morgan fingerprint density at radius 3 is 2.76 bits per heavy atom. The number of carbonyl (C=O) groups is 1. The highest BCUT2D eigenvalue weighted by Gasteiger charge is 2.43. The molecule has 2 unspecified atom stereocenters. The highest BCUT2D eigenvalue weighted by atomic mass is 16.5. The summed E-state index contributed by atoms with van der Waals surface area (Å²) in [7, 11) is 1.60. The molecule has 154 valence electrons. The Labute approximate surface area is 169 Å². The number of hydrogen-bond acceptors (Lipinski definition) is 5. The molecule has 2 aromatic rings. The first-order chi connectivity index (χ1) is 14.0. The second-order valence-corrected chi connectivity index (χ2v) is 8.08. The molecular weight excluding hydrogens is 370 g/mol. The van der Waals surface area contributed by atoms with E-state index in [-0.39, 0.29) is 23.9 Å². The van der Waals surface area contributed by atoms with Crippen molar-refractivity contribution in [3.63, 3.8) is 0 Å². The van der Waals surface area contributed by atoms with Gasteiger partial charge in [-0.25, -0.2) is 4.68 Å². The molecule has 2 aliphatic rings. The minimum absolute atomic E-state index is 0.0893. The molecule has 1 aliphatic heterocycles. The zero-order valence-corrected chi connectivity index (χ0v) is 16.7. The molecule has 1 saturated carbocycles. The monoisotopic (exact) mass is 397 g/mol. The molecule has 1 N–H and O–H groups in total. The number of aromatic nitrogens is 2. The van der Waals surface area contributed by atoms with Gasteiger partial charge in [-0.3, -0.25) is 9.59 Å². The summed E-state index contributed by atoms with van der Waals surface area (Å²) in [6.45, 7) is 0.995. The zero-order chi connectivity index (χ0) is 20.4. The van der Waals surface area contributed by atoms with Crippen LogP contribution in [0, 0.1) is 5.92 Å². The SMILES string of the molecule is COc1ccc(-c2ccc(=O)n(CC(=O)N3CCC4(O)CCCCC4C3)n2)cc1. The van der Waals surface area contributed by atoms with Gasteiger partial charge in [-0.1, -0.05) is 12.8 Å². The van der Waals surface area contributed by atoms with Crippen molar-refractivity contribution in [1.29, 1.82) is 0 Å². The van der Waals surface area contributed by atoms with Gasteiger partial charge < -0.3 is 14.7 Å². The maximum Gasteiger partial charge on any atom is 0.267 e. The third-order valence-electron chi connectivity index (χ3n) is 6.32. The van der Waals surface area contributed by atoms with Crippen molar-refractivity contribution >= 4 is 5.91 Å². The fourth-order valence-corrected chi connectivity index (χ4v) is 4.50. The fraction of sp³-hybridized carbons (Fsp3) is 0.500. The van der Waals surface area contributed by atoms with Crippen LogP contribution in [-0.2, 0) is 11.3 Å². The van der Waals surface area contributed by atoms with Gasteiger partial charge in [0.05, 0.1) is 18.4 Å². The van der Waals surface area contributed by atoms with Gasteiger partial charge in [-0.2, -0.15) is 5.10 Å². The minimum Gasteiger partial charge on any atom is -0.497 e. The molecule has 1 aliphatic carbocycles. The van der Waals surface area contributed by atoms with E-state index in [0.717, 1.165) is 37.0 Å². The van der Waals surface area contributed by atoms with E-state index in [9.17, 15) is 14.7 Å². The lowest BCUT2D eigenvalue weighted by Crippen LogP contribution is -2.55. The number of amides is 1. The first-order valence-electron chi connectivity index (χ1n) is 10.2. The van der Waals surface area contributed by atoms with Gasteiger partial charge in [-0.05, 0) is 49.6 Å². The lowest BCUT2D eigenvalue weighted by atomic mass is 9.71. The molecule has 0 bridgehead atoms. The first-order valence-corrected chi connectivity index (χ1v) is 10.2. The van der Waals surface area contributed by atoms with Gasteiger partial charge in [0.1, 0.15) is 12.3 Å². The Hall–Kier alpha value is -2.67. The molecule has 2 heterocycles. The van der Waals surface area contributed by atoms with Gasteiger partial charge >= 0.3 is 0 Å². The van der Waals surface area contributed by atoms with E-state index in [1.807, 2.05) is 24.3 Å². The average molecular weight is 397 g/mol. The molecule has 29 heavy (non-hydrogen) atoms. The molecule has 0 spiro atoms. The number of likely N-dealkylation sites (tertiary alicyclic amines) is 1. The predicted molar refractivity (Wildman–Crippen MR) is 109 cm³/mol. The summed E-state index contributed by atoms with van der Waals surface area (Å²) in [5, 5.41) is 15.2. The quantitative estimate of drug-likeness (QED) is 0.854. The Balaban J connectivity index is 1.48. The number of piperidine rings is 1. The van der Waals surface area contributed by atoms with Gasteiger partial charge in [0, 0.05) is 30.6 Å². The molecule has 1 aromatic carbocycles. The van der Waals surface area contributed by atoms with Crippen molar-refractivity contribution in [1.82, 2.24) is 14.7 Å². The Morgan fingerprint density at radius 2 is 2.00 bits per heavy atom. The molecule has 2 fully saturated rings. The number of aliphatic hydroxyl groups is 1. The van der Waals surface area contributed by atoms with Gasteiger partial charge in [-0.15, -0.1) is 0 Å². The van der Waals surface area contributed by atoms with Crippen LogP contribution >= 0.6 is 0 Å². The summed E-state index contributed by atoms with van der Waals surface area (Å²) < 4.78 is 6.39. The highest BCUT2D eigenvalue weighted by Crippen LogP contribution is 2.39. The van der Waals surface area contributed by atoms with Crippen molar-refractivity contribution in [3.8, 4) is 17.0 Å². The van der Waals surface area contributed by atoms with Crippen LogP contribution in [0.5, 0.6) is 5.75 Å². The van der Waals surface area contributed by atoms with E-state index >= 15 is 0 Å². The number of nitrogens with zero attached hydrogens (tertiary/aromatic N) is 3. The topological polar surface area (TPSA) is 84.7 Å². The van der Waals surface area contributed by atoms with E-state index in [4.69, 9.17) is 4.74 Å². The largest absolute Gasteiger partial charge is 0.497 e. The maximum absolute atomic E-state index is 12.9. The van der Waals surface area contributed by atoms with Crippen molar-refractivity contribution in [2.75, 3.05) is 20.2 Å². The van der Waals surface area contributed by atoms with Crippen LogP contribution in [0.4, 0.5) is 0 Å². The standard InChI is InChI=1S/C22H27N3O4/c1-29-18-7-5-16(6-8-18)19-9-10-20(26)25(23-19)15-21(27)24-13-12-22(28)11-3-2-4-17(22)14-24/h5-10,17,28H,2-4,11-15H2,1H3.